The van der Waals surface area contributed by atoms with Crippen molar-refractivity contribution in [3.8, 4) is 0 Å². The molecule has 2 aliphatic rings. The number of nitrogens with zero attached hydrogens (tertiary/aromatic N) is 3. The van der Waals surface area contributed by atoms with Crippen LogP contribution >= 0.6 is 0 Å². The molecule has 1 saturated heterocycles. The minimum Gasteiger partial charge on any atom is -0.390 e. The van der Waals surface area contributed by atoms with Crippen LogP contribution < -0.4 is 0 Å². The van der Waals surface area contributed by atoms with Crippen molar-refractivity contribution in [1.29, 1.82) is 0 Å². The van der Waals surface area contributed by atoms with Crippen LogP contribution in [0.5, 0.6) is 0 Å². The summed E-state index contributed by atoms with van der Waals surface area (Å²) >= 11 is 0. The molecule has 2 aromatic rings. The predicted molar refractivity (Wildman–Crippen MR) is 106 cm³/mol. The molecular weight excluding hydrogens is 338 g/mol. The Balaban J connectivity index is 1.35. The van der Waals surface area contributed by atoms with Crippen molar-refractivity contribution in [3.63, 3.8) is 0 Å². The minimum atomic E-state index is -0.625. The maximum atomic E-state index is 12.6. The summed E-state index contributed by atoms with van der Waals surface area (Å²) in [5.74, 6) is 0.920. The van der Waals surface area contributed by atoms with E-state index in [0.717, 1.165) is 32.4 Å². The first-order valence-electron chi connectivity index (χ1n) is 10.3. The van der Waals surface area contributed by atoms with E-state index in [4.69, 9.17) is 0 Å². The van der Waals surface area contributed by atoms with Crippen LogP contribution in [0.4, 0.5) is 0 Å². The van der Waals surface area contributed by atoms with Crippen LogP contribution in [-0.4, -0.2) is 44.4 Å². The first kappa shape index (κ1) is 18.5. The molecule has 5 heteroatoms. The summed E-state index contributed by atoms with van der Waals surface area (Å²) in [7, 11) is 0. The summed E-state index contributed by atoms with van der Waals surface area (Å²) in [6, 6.07) is 7.05. The number of carbonyl (C=O) groups excluding carboxylic acids is 1. The number of piperidine rings is 1. The highest BCUT2D eigenvalue weighted by Crippen LogP contribution is 2.39. The lowest BCUT2D eigenvalue weighted by atomic mass is 9.71. The molecule has 0 radical (unpaired) electrons. The van der Waals surface area contributed by atoms with Gasteiger partial charge in [-0.1, -0.05) is 12.1 Å². The van der Waals surface area contributed by atoms with Crippen LogP contribution in [0.15, 0.2) is 24.4 Å². The molecule has 27 heavy (non-hydrogen) atoms. The van der Waals surface area contributed by atoms with E-state index in [1.165, 1.54) is 16.5 Å². The van der Waals surface area contributed by atoms with Gasteiger partial charge >= 0.3 is 0 Å². The first-order valence-corrected chi connectivity index (χ1v) is 10.3. The SMILES string of the molecule is CC(C)n1ncc2ccc(CC3CCN(C(=O)[C@H]4C[C@@](C)(O)C4)CC3)cc21. The number of benzene rings is 1. The summed E-state index contributed by atoms with van der Waals surface area (Å²) in [5, 5.41) is 15.6. The molecule has 1 aliphatic heterocycles. The van der Waals surface area contributed by atoms with Crippen molar-refractivity contribution in [2.75, 3.05) is 13.1 Å². The van der Waals surface area contributed by atoms with E-state index in [0.29, 0.717) is 24.8 Å². The Labute approximate surface area is 161 Å². The van der Waals surface area contributed by atoms with Crippen LogP contribution in [-0.2, 0) is 11.2 Å². The first-order chi connectivity index (χ1) is 12.8. The molecule has 0 atom stereocenters. The number of amides is 1. The van der Waals surface area contributed by atoms with Gasteiger partial charge in [0.1, 0.15) is 0 Å². The molecule has 2 heterocycles. The number of rotatable bonds is 4. The van der Waals surface area contributed by atoms with Crippen LogP contribution in [0.2, 0.25) is 0 Å². The van der Waals surface area contributed by atoms with E-state index in [2.05, 4.69) is 41.8 Å². The van der Waals surface area contributed by atoms with Gasteiger partial charge in [-0.2, -0.15) is 5.10 Å². The van der Waals surface area contributed by atoms with Gasteiger partial charge in [-0.3, -0.25) is 9.48 Å². The van der Waals surface area contributed by atoms with E-state index in [1.807, 2.05) is 18.0 Å². The van der Waals surface area contributed by atoms with Gasteiger partial charge in [0, 0.05) is 30.4 Å². The van der Waals surface area contributed by atoms with Gasteiger partial charge in [0.2, 0.25) is 5.91 Å². The lowest BCUT2D eigenvalue weighted by Gasteiger charge is -2.43. The minimum absolute atomic E-state index is 0.0373. The third-order valence-electron chi connectivity index (χ3n) is 6.32. The summed E-state index contributed by atoms with van der Waals surface area (Å²) < 4.78 is 2.09. The molecule has 146 valence electrons. The van der Waals surface area contributed by atoms with Crippen LogP contribution in [0.3, 0.4) is 0 Å². The molecule has 1 saturated carbocycles. The normalized spacial score (nSPS) is 26.6. The summed E-state index contributed by atoms with van der Waals surface area (Å²) in [5.41, 5.74) is 1.96. The summed E-state index contributed by atoms with van der Waals surface area (Å²) in [4.78, 5) is 14.6. The van der Waals surface area contributed by atoms with E-state index < -0.39 is 5.60 Å². The molecular formula is C22H31N3O2. The van der Waals surface area contributed by atoms with Crippen molar-refractivity contribution in [2.45, 2.75) is 64.5 Å². The fourth-order valence-electron chi connectivity index (χ4n) is 4.75. The molecule has 5 nitrogen and oxygen atoms in total. The molecule has 1 N–H and O–H groups in total. The van der Waals surface area contributed by atoms with Crippen molar-refractivity contribution < 1.29 is 9.90 Å². The van der Waals surface area contributed by atoms with E-state index in [-0.39, 0.29) is 11.8 Å². The molecule has 0 bridgehead atoms. The van der Waals surface area contributed by atoms with Crippen molar-refractivity contribution in [1.82, 2.24) is 14.7 Å². The Kier molecular flexibility index (Phi) is 4.75. The second kappa shape index (κ2) is 6.93. The van der Waals surface area contributed by atoms with Crippen molar-refractivity contribution >= 4 is 16.8 Å². The quantitative estimate of drug-likeness (QED) is 0.896. The molecule has 1 amide bonds. The van der Waals surface area contributed by atoms with Gasteiger partial charge in [0.25, 0.3) is 0 Å². The average molecular weight is 370 g/mol. The van der Waals surface area contributed by atoms with Crippen LogP contribution in [0.1, 0.15) is 58.1 Å². The maximum Gasteiger partial charge on any atom is 0.225 e. The maximum absolute atomic E-state index is 12.6. The van der Waals surface area contributed by atoms with Gasteiger partial charge in [0.05, 0.1) is 17.3 Å². The van der Waals surface area contributed by atoms with Crippen molar-refractivity contribution in [2.24, 2.45) is 11.8 Å². The largest absolute Gasteiger partial charge is 0.390 e. The second-order valence-corrected chi connectivity index (χ2v) is 9.15. The molecule has 1 aromatic carbocycles. The molecule has 1 aromatic heterocycles. The Morgan fingerprint density at radius 3 is 2.63 bits per heavy atom. The smallest absolute Gasteiger partial charge is 0.225 e. The number of fused-ring (bicyclic) bond motifs is 1. The zero-order chi connectivity index (χ0) is 19.2. The zero-order valence-corrected chi connectivity index (χ0v) is 16.7. The Morgan fingerprint density at radius 2 is 2.00 bits per heavy atom. The zero-order valence-electron chi connectivity index (χ0n) is 16.7. The van der Waals surface area contributed by atoms with E-state index in [9.17, 15) is 9.90 Å². The predicted octanol–water partition coefficient (Wildman–Crippen LogP) is 3.56. The molecule has 1 aliphatic carbocycles. The van der Waals surface area contributed by atoms with Gasteiger partial charge in [-0.15, -0.1) is 0 Å². The number of hydrogen-bond acceptors (Lipinski definition) is 3. The van der Waals surface area contributed by atoms with Crippen LogP contribution in [0.25, 0.3) is 10.9 Å². The third-order valence-corrected chi connectivity index (χ3v) is 6.32. The Hall–Kier alpha value is -1.88. The van der Waals surface area contributed by atoms with Crippen LogP contribution in [0, 0.1) is 11.8 Å². The standard InChI is InChI=1S/C22H31N3O2/c1-15(2)25-20-11-17(4-5-18(20)14-23-25)10-16-6-8-24(9-7-16)21(26)19-12-22(3,27)13-19/h4-5,11,14-16,19,27H,6-10,12-13H2,1-3H3/t19-,22+. The fourth-order valence-corrected chi connectivity index (χ4v) is 4.75. The number of hydrogen-bond donors (Lipinski definition) is 1. The lowest BCUT2D eigenvalue weighted by Crippen LogP contribution is -2.51. The summed E-state index contributed by atoms with van der Waals surface area (Å²) in [6.07, 6.45) is 6.39. The van der Waals surface area contributed by atoms with Crippen molar-refractivity contribution in [3.05, 3.63) is 30.0 Å². The van der Waals surface area contributed by atoms with E-state index in [1.54, 1.807) is 0 Å². The third kappa shape index (κ3) is 3.75. The highest BCUT2D eigenvalue weighted by atomic mass is 16.3. The average Bonchev–Trinajstić information content (AvgIpc) is 3.03. The molecule has 2 fully saturated rings. The van der Waals surface area contributed by atoms with Gasteiger partial charge in [0.15, 0.2) is 0 Å². The number of carbonyl (C=O) groups is 1. The molecule has 0 unspecified atom stereocenters. The number of aromatic nitrogens is 2. The monoisotopic (exact) mass is 369 g/mol. The van der Waals surface area contributed by atoms with Gasteiger partial charge in [-0.25, -0.2) is 0 Å². The molecule has 0 spiro atoms. The lowest BCUT2D eigenvalue weighted by molar-refractivity contribution is -0.151. The second-order valence-electron chi connectivity index (χ2n) is 9.15. The fraction of sp³-hybridized carbons (Fsp3) is 0.636. The Morgan fingerprint density at radius 1 is 1.30 bits per heavy atom. The highest BCUT2D eigenvalue weighted by Gasteiger charge is 2.44. The Bertz CT molecular complexity index is 823. The number of aliphatic hydroxyl groups is 1. The van der Waals surface area contributed by atoms with E-state index >= 15 is 0 Å². The van der Waals surface area contributed by atoms with Gasteiger partial charge < -0.3 is 10.0 Å². The topological polar surface area (TPSA) is 58.4 Å². The molecule has 4 rings (SSSR count). The van der Waals surface area contributed by atoms with Gasteiger partial charge in [-0.05, 0) is 70.4 Å². The number of likely N-dealkylation sites (tertiary alicyclic amines) is 1. The summed E-state index contributed by atoms with van der Waals surface area (Å²) in [6.45, 7) is 7.86. The highest BCUT2D eigenvalue weighted by molar-refractivity contribution is 5.80.